The summed E-state index contributed by atoms with van der Waals surface area (Å²) in [5.41, 5.74) is -0.758. The molecule has 0 unspecified atom stereocenters. The van der Waals surface area contributed by atoms with Crippen molar-refractivity contribution in [3.63, 3.8) is 0 Å². The average Bonchev–Trinajstić information content (AvgIpc) is 2.11. The molecular weight excluding hydrogens is 285 g/mol. The highest BCUT2D eigenvalue weighted by atomic mass is 19.4. The molecule has 1 rings (SSSR count). The third-order valence-corrected chi connectivity index (χ3v) is 1.72. The van der Waals surface area contributed by atoms with Gasteiger partial charge in [0.1, 0.15) is 11.5 Å². The van der Waals surface area contributed by atoms with E-state index in [-0.39, 0.29) is 6.07 Å². The highest BCUT2D eigenvalue weighted by Gasteiger charge is 2.35. The highest BCUT2D eigenvalue weighted by molar-refractivity contribution is 6.59. The maximum Gasteiger partial charge on any atom is 0.573 e. The van der Waals surface area contributed by atoms with Gasteiger partial charge in [0.2, 0.25) is 0 Å². The molecule has 1 aromatic carbocycles. The number of benzene rings is 1. The van der Waals surface area contributed by atoms with Gasteiger partial charge in [-0.25, -0.2) is 0 Å². The van der Waals surface area contributed by atoms with Crippen molar-refractivity contribution in [2.75, 3.05) is 0 Å². The van der Waals surface area contributed by atoms with Gasteiger partial charge in [0, 0.05) is 11.5 Å². The van der Waals surface area contributed by atoms with Crippen molar-refractivity contribution in [1.82, 2.24) is 0 Å². The molecule has 106 valence electrons. The summed E-state index contributed by atoms with van der Waals surface area (Å²) in [5, 5.41) is 17.5. The first-order chi connectivity index (χ1) is 8.48. The van der Waals surface area contributed by atoms with E-state index in [1.165, 1.54) is 0 Å². The van der Waals surface area contributed by atoms with Gasteiger partial charge in [-0.05, 0) is 6.07 Å². The van der Waals surface area contributed by atoms with Crippen LogP contribution in [0.25, 0.3) is 0 Å². The summed E-state index contributed by atoms with van der Waals surface area (Å²) in [7, 11) is -2.35. The number of ether oxygens (including phenoxy) is 2. The van der Waals surface area contributed by atoms with Crippen LogP contribution in [0.15, 0.2) is 18.2 Å². The first-order valence-electron chi connectivity index (χ1n) is 4.49. The van der Waals surface area contributed by atoms with Crippen molar-refractivity contribution >= 4 is 12.6 Å². The Morgan fingerprint density at radius 2 is 1.42 bits per heavy atom. The van der Waals surface area contributed by atoms with Crippen LogP contribution < -0.4 is 14.9 Å². The summed E-state index contributed by atoms with van der Waals surface area (Å²) in [4.78, 5) is 0. The summed E-state index contributed by atoms with van der Waals surface area (Å²) in [6, 6.07) is 1.47. The molecule has 0 fully saturated rings. The number of halogens is 6. The number of hydrogen-bond donors (Lipinski definition) is 2. The van der Waals surface area contributed by atoms with Gasteiger partial charge in [-0.1, -0.05) is 6.07 Å². The van der Waals surface area contributed by atoms with Crippen LogP contribution in [-0.4, -0.2) is 29.9 Å². The Bertz CT molecular complexity index is 444. The van der Waals surface area contributed by atoms with Crippen LogP contribution in [-0.2, 0) is 0 Å². The molecule has 0 heterocycles. The summed E-state index contributed by atoms with van der Waals surface area (Å²) < 4.78 is 78.4. The minimum absolute atomic E-state index is 0.246. The molecule has 2 N–H and O–H groups in total. The van der Waals surface area contributed by atoms with E-state index in [0.717, 1.165) is 0 Å². The molecule has 0 aromatic heterocycles. The van der Waals surface area contributed by atoms with Gasteiger partial charge in [-0.2, -0.15) is 0 Å². The van der Waals surface area contributed by atoms with E-state index in [1.807, 2.05) is 0 Å². The first kappa shape index (κ1) is 15.4. The molecule has 0 spiro atoms. The second-order valence-corrected chi connectivity index (χ2v) is 3.17. The third kappa shape index (κ3) is 5.26. The maximum absolute atomic E-state index is 12.0. The minimum atomic E-state index is -5.21. The lowest BCUT2D eigenvalue weighted by molar-refractivity contribution is -0.276. The maximum atomic E-state index is 12.0. The zero-order valence-corrected chi connectivity index (χ0v) is 8.79. The van der Waals surface area contributed by atoms with Crippen LogP contribution in [0, 0.1) is 0 Å². The van der Waals surface area contributed by atoms with E-state index in [1.54, 1.807) is 0 Å². The molecule has 1 aromatic rings. The van der Waals surface area contributed by atoms with Crippen molar-refractivity contribution < 1.29 is 45.9 Å². The molecule has 0 bridgehead atoms. The molecule has 0 aliphatic rings. The number of rotatable bonds is 3. The van der Waals surface area contributed by atoms with Crippen molar-refractivity contribution in [3.8, 4) is 11.5 Å². The van der Waals surface area contributed by atoms with Gasteiger partial charge in [0.25, 0.3) is 0 Å². The lowest BCUT2D eigenvalue weighted by Gasteiger charge is -2.15. The van der Waals surface area contributed by atoms with Crippen LogP contribution >= 0.6 is 0 Å². The molecular formula is C8H5BF6O4. The Kier molecular flexibility index (Phi) is 4.20. The van der Waals surface area contributed by atoms with Gasteiger partial charge in [-0.15, -0.1) is 26.3 Å². The fraction of sp³-hybridized carbons (Fsp3) is 0.250. The second kappa shape index (κ2) is 5.17. The quantitative estimate of drug-likeness (QED) is 0.648. The second-order valence-electron chi connectivity index (χ2n) is 3.17. The lowest BCUT2D eigenvalue weighted by Crippen LogP contribution is -2.33. The topological polar surface area (TPSA) is 58.9 Å². The smallest absolute Gasteiger partial charge is 0.423 e. The van der Waals surface area contributed by atoms with Gasteiger partial charge in [-0.3, -0.25) is 0 Å². The monoisotopic (exact) mass is 290 g/mol. The van der Waals surface area contributed by atoms with Gasteiger partial charge in [0.05, 0.1) is 0 Å². The van der Waals surface area contributed by atoms with Gasteiger partial charge in [0.15, 0.2) is 0 Å². The lowest BCUT2D eigenvalue weighted by atomic mass is 9.79. The Morgan fingerprint density at radius 1 is 0.895 bits per heavy atom. The van der Waals surface area contributed by atoms with E-state index in [2.05, 4.69) is 9.47 Å². The van der Waals surface area contributed by atoms with Crippen LogP contribution in [0.2, 0.25) is 0 Å². The first-order valence-corrected chi connectivity index (χ1v) is 4.49. The fourth-order valence-electron chi connectivity index (χ4n) is 1.14. The molecule has 0 amide bonds. The minimum Gasteiger partial charge on any atom is -0.423 e. The Morgan fingerprint density at radius 3 is 1.84 bits per heavy atom. The largest absolute Gasteiger partial charge is 0.573 e. The molecule has 19 heavy (non-hydrogen) atoms. The van der Waals surface area contributed by atoms with E-state index in [9.17, 15) is 26.3 Å². The molecule has 0 aliphatic heterocycles. The van der Waals surface area contributed by atoms with E-state index >= 15 is 0 Å². The van der Waals surface area contributed by atoms with E-state index < -0.39 is 36.8 Å². The van der Waals surface area contributed by atoms with Crippen LogP contribution in [0.1, 0.15) is 0 Å². The highest BCUT2D eigenvalue weighted by Crippen LogP contribution is 2.28. The van der Waals surface area contributed by atoms with E-state index in [0.29, 0.717) is 12.1 Å². The number of hydrogen-bond acceptors (Lipinski definition) is 4. The van der Waals surface area contributed by atoms with Crippen molar-refractivity contribution in [2.45, 2.75) is 12.7 Å². The molecule has 0 aliphatic carbocycles. The molecule has 0 saturated heterocycles. The predicted molar refractivity (Wildman–Crippen MR) is 49.6 cm³/mol. The fourth-order valence-corrected chi connectivity index (χ4v) is 1.14. The van der Waals surface area contributed by atoms with Gasteiger partial charge >= 0.3 is 19.8 Å². The van der Waals surface area contributed by atoms with E-state index in [4.69, 9.17) is 10.0 Å². The normalized spacial score (nSPS) is 12.2. The van der Waals surface area contributed by atoms with Crippen LogP contribution in [0.4, 0.5) is 26.3 Å². The summed E-state index contributed by atoms with van der Waals surface area (Å²) in [6.07, 6.45) is -10.3. The average molecular weight is 290 g/mol. The summed E-state index contributed by atoms with van der Waals surface area (Å²) in [5.74, 6) is -2.19. The zero-order chi connectivity index (χ0) is 14.8. The third-order valence-electron chi connectivity index (χ3n) is 1.72. The van der Waals surface area contributed by atoms with Crippen LogP contribution in [0.5, 0.6) is 11.5 Å². The van der Waals surface area contributed by atoms with Crippen molar-refractivity contribution in [1.29, 1.82) is 0 Å². The molecule has 0 atom stereocenters. The summed E-state index contributed by atoms with van der Waals surface area (Å²) >= 11 is 0. The Hall–Kier alpha value is -1.62. The van der Waals surface area contributed by atoms with Gasteiger partial charge < -0.3 is 19.5 Å². The van der Waals surface area contributed by atoms with Crippen LogP contribution in [0.3, 0.4) is 0 Å². The molecule has 0 radical (unpaired) electrons. The van der Waals surface area contributed by atoms with Crippen molar-refractivity contribution in [2.24, 2.45) is 0 Å². The zero-order valence-electron chi connectivity index (χ0n) is 8.79. The predicted octanol–water partition coefficient (Wildman–Crippen LogP) is 1.16. The Balaban J connectivity index is 3.11. The molecule has 11 heteroatoms. The standard InChI is InChI=1S/C8H5BF6O4/c10-7(11,12)18-4-1-2-5(9(16)17)6(3-4)19-8(13,14)15/h1-3,16-17H. The SMILES string of the molecule is OB(O)c1ccc(OC(F)(F)F)cc1OC(F)(F)F. The van der Waals surface area contributed by atoms with Crippen molar-refractivity contribution in [3.05, 3.63) is 18.2 Å². The molecule has 0 saturated carbocycles. The number of alkyl halides is 6. The molecule has 4 nitrogen and oxygen atoms in total. The summed E-state index contributed by atoms with van der Waals surface area (Å²) in [6.45, 7) is 0. The Labute approximate surface area is 102 Å².